The van der Waals surface area contributed by atoms with Crippen molar-refractivity contribution in [2.45, 2.75) is 46.1 Å². The third-order valence-electron chi connectivity index (χ3n) is 2.41. The van der Waals surface area contributed by atoms with Crippen molar-refractivity contribution in [2.24, 2.45) is 4.99 Å². The van der Waals surface area contributed by atoms with Gasteiger partial charge in [0.05, 0.1) is 0 Å². The zero-order chi connectivity index (χ0) is 13.4. The minimum atomic E-state index is -0.253. The van der Waals surface area contributed by atoms with Gasteiger partial charge in [-0.2, -0.15) is 0 Å². The van der Waals surface area contributed by atoms with Gasteiger partial charge < -0.3 is 0 Å². The summed E-state index contributed by atoms with van der Waals surface area (Å²) >= 11 is 0. The highest BCUT2D eigenvalue weighted by molar-refractivity contribution is 5.83. The van der Waals surface area contributed by atoms with Crippen LogP contribution < -0.4 is 0 Å². The second kappa shape index (κ2) is 7.66. The second-order valence-corrected chi connectivity index (χ2v) is 4.51. The zero-order valence-electron chi connectivity index (χ0n) is 11.3. The molecule has 0 aliphatic heterocycles. The third kappa shape index (κ3) is 5.14. The van der Waals surface area contributed by atoms with Crippen LogP contribution in [0.1, 0.15) is 51.2 Å². The molecule has 1 aromatic carbocycles. The lowest BCUT2D eigenvalue weighted by Crippen LogP contribution is -1.94. The van der Waals surface area contributed by atoms with Gasteiger partial charge in [0, 0.05) is 29.8 Å². The summed E-state index contributed by atoms with van der Waals surface area (Å²) in [6.07, 6.45) is 4.83. The lowest BCUT2D eigenvalue weighted by molar-refractivity contribution is 0.627. The van der Waals surface area contributed by atoms with E-state index in [1.807, 2.05) is 13.8 Å². The summed E-state index contributed by atoms with van der Waals surface area (Å²) < 4.78 is 13.2. The van der Waals surface area contributed by atoms with Gasteiger partial charge in [-0.1, -0.05) is 25.2 Å². The van der Waals surface area contributed by atoms with Crippen LogP contribution in [0.5, 0.6) is 0 Å². The van der Waals surface area contributed by atoms with E-state index in [2.05, 4.69) is 23.8 Å². The van der Waals surface area contributed by atoms with Gasteiger partial charge in [-0.25, -0.2) is 4.39 Å². The average Bonchev–Trinajstić information content (AvgIpc) is 2.33. The lowest BCUT2D eigenvalue weighted by atomic mass is 10.1. The highest BCUT2D eigenvalue weighted by Crippen LogP contribution is 2.09. The predicted molar refractivity (Wildman–Crippen MR) is 75.5 cm³/mol. The summed E-state index contributed by atoms with van der Waals surface area (Å²) in [7, 11) is 0. The topological polar surface area (TPSA) is 12.4 Å². The normalized spacial score (nSPS) is 10.7. The highest BCUT2D eigenvalue weighted by atomic mass is 19.1. The molecule has 1 rings (SSSR count). The van der Waals surface area contributed by atoms with E-state index >= 15 is 0 Å². The van der Waals surface area contributed by atoms with Crippen LogP contribution in [0.2, 0.25) is 0 Å². The first-order valence-electron chi connectivity index (χ1n) is 6.45. The number of hydrogen-bond donors (Lipinski definition) is 0. The Morgan fingerprint density at radius 1 is 1.39 bits per heavy atom. The van der Waals surface area contributed by atoms with Crippen molar-refractivity contribution in [2.75, 3.05) is 0 Å². The Bertz CT molecular complexity index is 464. The maximum atomic E-state index is 13.2. The van der Waals surface area contributed by atoms with Gasteiger partial charge in [-0.15, -0.1) is 0 Å². The maximum absolute atomic E-state index is 13.2. The fraction of sp³-hybridized carbons (Fsp3) is 0.438. The van der Waals surface area contributed by atoms with Gasteiger partial charge in [-0.3, -0.25) is 4.99 Å². The van der Waals surface area contributed by atoms with E-state index in [1.165, 1.54) is 12.1 Å². The molecule has 0 N–H and O–H groups in total. The van der Waals surface area contributed by atoms with E-state index < -0.39 is 0 Å². The molecule has 0 spiro atoms. The lowest BCUT2D eigenvalue weighted by Gasteiger charge is -2.00. The molecule has 2 heteroatoms. The Balaban J connectivity index is 2.92. The monoisotopic (exact) mass is 245 g/mol. The molecule has 18 heavy (non-hydrogen) atoms. The summed E-state index contributed by atoms with van der Waals surface area (Å²) in [5.74, 6) is 5.86. The van der Waals surface area contributed by atoms with E-state index in [0.29, 0.717) is 0 Å². The molecule has 0 heterocycles. The minimum absolute atomic E-state index is 0.232. The molecule has 0 saturated carbocycles. The Hall–Kier alpha value is -1.62. The van der Waals surface area contributed by atoms with Crippen molar-refractivity contribution in [3.63, 3.8) is 0 Å². The third-order valence-corrected chi connectivity index (χ3v) is 2.41. The molecule has 0 fully saturated rings. The van der Waals surface area contributed by atoms with Gasteiger partial charge >= 0.3 is 0 Å². The van der Waals surface area contributed by atoms with Crippen molar-refractivity contribution in [1.82, 2.24) is 0 Å². The first-order chi connectivity index (χ1) is 8.63. The minimum Gasteiger partial charge on any atom is -0.290 e. The van der Waals surface area contributed by atoms with Gasteiger partial charge in [0.2, 0.25) is 0 Å². The summed E-state index contributed by atoms with van der Waals surface area (Å²) in [5.41, 5.74) is 1.60. The fourth-order valence-corrected chi connectivity index (χ4v) is 1.40. The van der Waals surface area contributed by atoms with E-state index in [0.717, 1.165) is 30.4 Å². The van der Waals surface area contributed by atoms with Gasteiger partial charge in [0.25, 0.3) is 0 Å². The molecule has 0 amide bonds. The number of hydrogen-bond acceptors (Lipinski definition) is 1. The first-order valence-corrected chi connectivity index (χ1v) is 6.45. The number of aliphatic imine (C=N–C) groups is 1. The molecule has 0 atom stereocenters. The molecule has 0 bridgehead atoms. The van der Waals surface area contributed by atoms with E-state index in [-0.39, 0.29) is 11.9 Å². The summed E-state index contributed by atoms with van der Waals surface area (Å²) in [6, 6.07) is 4.88. The van der Waals surface area contributed by atoms with Crippen LogP contribution in [-0.2, 0) is 0 Å². The van der Waals surface area contributed by atoms with Crippen molar-refractivity contribution in [3.05, 3.63) is 35.1 Å². The van der Waals surface area contributed by atoms with Crippen molar-refractivity contribution >= 4 is 6.21 Å². The van der Waals surface area contributed by atoms with Crippen LogP contribution in [0, 0.1) is 17.7 Å². The molecule has 1 nitrogen and oxygen atoms in total. The van der Waals surface area contributed by atoms with E-state index in [4.69, 9.17) is 0 Å². The average molecular weight is 245 g/mol. The Morgan fingerprint density at radius 3 is 2.83 bits per heavy atom. The fourth-order valence-electron chi connectivity index (χ4n) is 1.40. The highest BCUT2D eigenvalue weighted by Gasteiger charge is 1.99. The number of benzene rings is 1. The molecule has 0 aromatic heterocycles. The number of unbranched alkanes of at least 4 members (excludes halogenated alkanes) is 2. The quantitative estimate of drug-likeness (QED) is 0.428. The zero-order valence-corrected chi connectivity index (χ0v) is 11.3. The Morgan fingerprint density at radius 2 is 2.17 bits per heavy atom. The summed E-state index contributed by atoms with van der Waals surface area (Å²) in [5, 5.41) is 0. The summed E-state index contributed by atoms with van der Waals surface area (Å²) in [4.78, 5) is 4.31. The first kappa shape index (κ1) is 14.4. The maximum Gasteiger partial charge on any atom is 0.124 e. The van der Waals surface area contributed by atoms with Crippen molar-refractivity contribution in [3.8, 4) is 11.8 Å². The van der Waals surface area contributed by atoms with Crippen LogP contribution in [-0.4, -0.2) is 12.3 Å². The number of rotatable bonds is 4. The molecule has 0 saturated heterocycles. The molecule has 96 valence electrons. The molecule has 0 aliphatic rings. The van der Waals surface area contributed by atoms with Gasteiger partial charge in [0.15, 0.2) is 0 Å². The molecule has 0 aliphatic carbocycles. The van der Waals surface area contributed by atoms with Crippen LogP contribution in [0.3, 0.4) is 0 Å². The van der Waals surface area contributed by atoms with Gasteiger partial charge in [0.1, 0.15) is 5.82 Å². The van der Waals surface area contributed by atoms with Crippen LogP contribution in [0.25, 0.3) is 0 Å². The number of nitrogens with zero attached hydrogens (tertiary/aromatic N) is 1. The predicted octanol–water partition coefficient (Wildman–Crippen LogP) is 4.19. The van der Waals surface area contributed by atoms with Crippen LogP contribution >= 0.6 is 0 Å². The van der Waals surface area contributed by atoms with E-state index in [1.54, 1.807) is 12.3 Å². The van der Waals surface area contributed by atoms with E-state index in [9.17, 15) is 4.39 Å². The van der Waals surface area contributed by atoms with Gasteiger partial charge in [-0.05, 0) is 38.5 Å². The van der Waals surface area contributed by atoms with Crippen molar-refractivity contribution in [1.29, 1.82) is 0 Å². The van der Waals surface area contributed by atoms with Crippen LogP contribution in [0.15, 0.2) is 23.2 Å². The largest absolute Gasteiger partial charge is 0.290 e. The molecule has 1 aromatic rings. The van der Waals surface area contributed by atoms with Crippen molar-refractivity contribution < 1.29 is 4.39 Å². The molecular weight excluding hydrogens is 225 g/mol. The Kier molecular flexibility index (Phi) is 6.14. The Labute approximate surface area is 109 Å². The SMILES string of the molecule is CCCCC#Cc1cc(F)ccc1C=NC(C)C. The molecule has 0 unspecified atom stereocenters. The van der Waals surface area contributed by atoms with Crippen LogP contribution in [0.4, 0.5) is 4.39 Å². The molecular formula is C16H20FN. The smallest absolute Gasteiger partial charge is 0.124 e. The summed E-state index contributed by atoms with van der Waals surface area (Å²) in [6.45, 7) is 6.14. The standard InChI is InChI=1S/C16H20FN/c1-4-5-6-7-8-14-11-16(17)10-9-15(14)12-18-13(2)3/h9-13H,4-6H2,1-3H3. The number of halogens is 1. The molecule has 0 radical (unpaired) electrons. The second-order valence-electron chi connectivity index (χ2n) is 4.51.